The molecule has 1 N–H and O–H groups in total. The summed E-state index contributed by atoms with van der Waals surface area (Å²) in [5.74, 6) is -0.328. The number of carbonyl (C=O) groups is 1. The lowest BCUT2D eigenvalue weighted by molar-refractivity contribution is 0.0600. The first kappa shape index (κ1) is 20.2. The molecule has 3 heterocycles. The van der Waals surface area contributed by atoms with E-state index < -0.39 is 0 Å². The largest absolute Gasteiger partial charge is 0.465 e. The van der Waals surface area contributed by atoms with Gasteiger partial charge in [-0.25, -0.2) is 9.78 Å². The van der Waals surface area contributed by atoms with Crippen LogP contribution in [0.2, 0.25) is 0 Å². The van der Waals surface area contributed by atoms with Gasteiger partial charge in [-0.15, -0.1) is 11.3 Å². The van der Waals surface area contributed by atoms with Gasteiger partial charge in [0.05, 0.1) is 18.4 Å². The molecule has 0 aliphatic carbocycles. The number of aromatic amines is 1. The molecule has 0 bridgehead atoms. The third-order valence-corrected chi connectivity index (χ3v) is 6.56. The highest BCUT2D eigenvalue weighted by Gasteiger charge is 2.14. The first-order valence-electron chi connectivity index (χ1n) is 10.2. The maximum Gasteiger partial charge on any atom is 0.337 e. The molecule has 0 aliphatic rings. The smallest absolute Gasteiger partial charge is 0.337 e. The van der Waals surface area contributed by atoms with Gasteiger partial charge in [-0.2, -0.15) is 0 Å². The van der Waals surface area contributed by atoms with Crippen LogP contribution in [0.15, 0.2) is 67.0 Å². The molecule has 0 spiro atoms. The van der Waals surface area contributed by atoms with E-state index in [-0.39, 0.29) is 5.97 Å². The number of nitrogens with zero attached hydrogens (tertiary/aromatic N) is 2. The number of esters is 1. The Morgan fingerprint density at radius 2 is 1.91 bits per heavy atom. The van der Waals surface area contributed by atoms with E-state index in [1.807, 2.05) is 37.4 Å². The summed E-state index contributed by atoms with van der Waals surface area (Å²) in [6.07, 6.45) is 3.62. The van der Waals surface area contributed by atoms with Crippen LogP contribution in [0.3, 0.4) is 0 Å². The van der Waals surface area contributed by atoms with Gasteiger partial charge in [0, 0.05) is 50.6 Å². The molecule has 0 unspecified atom stereocenters. The molecule has 0 atom stereocenters. The summed E-state index contributed by atoms with van der Waals surface area (Å²) in [7, 11) is 1.39. The number of aryl methyl sites for hydroxylation is 2. The van der Waals surface area contributed by atoms with Crippen LogP contribution >= 0.6 is 11.3 Å². The van der Waals surface area contributed by atoms with Crippen LogP contribution in [0, 0.1) is 13.8 Å². The number of benzene rings is 2. The van der Waals surface area contributed by atoms with Crippen molar-refractivity contribution in [2.45, 2.75) is 13.8 Å². The molecule has 32 heavy (non-hydrogen) atoms. The van der Waals surface area contributed by atoms with E-state index in [1.165, 1.54) is 12.0 Å². The Morgan fingerprint density at radius 3 is 2.66 bits per heavy atom. The second kappa shape index (κ2) is 8.05. The minimum Gasteiger partial charge on any atom is -0.465 e. The summed E-state index contributed by atoms with van der Waals surface area (Å²) >= 11 is 1.68. The molecule has 5 rings (SSSR count). The molecule has 0 radical (unpaired) electrons. The fourth-order valence-electron chi connectivity index (χ4n) is 3.91. The molecule has 5 aromatic rings. The van der Waals surface area contributed by atoms with Gasteiger partial charge in [-0.05, 0) is 61.9 Å². The Bertz CT molecular complexity index is 1450. The number of pyridine rings is 1. The Morgan fingerprint density at radius 1 is 1.03 bits per heavy atom. The number of fused-ring (bicyclic) bond motifs is 1. The SMILES string of the molecule is COC(=O)c1ccc(-c2cc3cc(-c4nc(-c5cccnc5)sc4C)ccc3[nH]2)c(C)c1. The summed E-state index contributed by atoms with van der Waals surface area (Å²) in [5.41, 5.74) is 7.80. The summed E-state index contributed by atoms with van der Waals surface area (Å²) < 4.78 is 4.82. The van der Waals surface area contributed by atoms with Gasteiger partial charge >= 0.3 is 5.97 Å². The number of nitrogens with one attached hydrogen (secondary N) is 1. The molecule has 5 nitrogen and oxygen atoms in total. The summed E-state index contributed by atoms with van der Waals surface area (Å²) in [4.78, 5) is 25.6. The first-order valence-corrected chi connectivity index (χ1v) is 11.1. The van der Waals surface area contributed by atoms with Gasteiger partial charge < -0.3 is 9.72 Å². The van der Waals surface area contributed by atoms with Gasteiger partial charge in [0.1, 0.15) is 5.01 Å². The standard InChI is InChI=1S/C26H21N3O2S/c1-15-11-18(26(30)31-3)6-8-21(15)23-13-20-12-17(7-9-22(20)28-23)24-16(2)32-25(29-24)19-5-4-10-27-14-19/h4-14,28H,1-3H3. The molecule has 0 saturated carbocycles. The lowest BCUT2D eigenvalue weighted by Crippen LogP contribution is -2.01. The number of rotatable bonds is 4. The van der Waals surface area contributed by atoms with Crippen molar-refractivity contribution in [3.8, 4) is 33.1 Å². The molecular formula is C26H21N3O2S. The van der Waals surface area contributed by atoms with E-state index in [9.17, 15) is 4.79 Å². The molecule has 158 valence electrons. The predicted octanol–water partition coefficient (Wildman–Crippen LogP) is 6.42. The van der Waals surface area contributed by atoms with Crippen molar-refractivity contribution in [1.29, 1.82) is 0 Å². The van der Waals surface area contributed by atoms with Crippen LogP contribution in [0.25, 0.3) is 44.0 Å². The Balaban J connectivity index is 1.52. The highest BCUT2D eigenvalue weighted by atomic mass is 32.1. The lowest BCUT2D eigenvalue weighted by Gasteiger charge is -2.06. The Hall–Kier alpha value is -3.77. The molecule has 6 heteroatoms. The number of ether oxygens (including phenoxy) is 1. The number of methoxy groups -OCH3 is 1. The number of hydrogen-bond acceptors (Lipinski definition) is 5. The monoisotopic (exact) mass is 439 g/mol. The van der Waals surface area contributed by atoms with Gasteiger partial charge in [0.2, 0.25) is 0 Å². The molecule has 0 fully saturated rings. The van der Waals surface area contributed by atoms with E-state index in [0.717, 1.165) is 49.6 Å². The second-order valence-corrected chi connectivity index (χ2v) is 8.88. The molecule has 3 aromatic heterocycles. The average molecular weight is 440 g/mol. The summed E-state index contributed by atoms with van der Waals surface area (Å²) in [6.45, 7) is 4.10. The highest BCUT2D eigenvalue weighted by Crippen LogP contribution is 2.35. The van der Waals surface area contributed by atoms with Gasteiger partial charge in [0.25, 0.3) is 0 Å². The van der Waals surface area contributed by atoms with E-state index >= 15 is 0 Å². The number of aromatic nitrogens is 3. The normalized spacial score (nSPS) is 11.1. The Kier molecular flexibility index (Phi) is 5.07. The highest BCUT2D eigenvalue weighted by molar-refractivity contribution is 7.15. The minimum atomic E-state index is -0.328. The quantitative estimate of drug-likeness (QED) is 0.328. The predicted molar refractivity (Wildman–Crippen MR) is 129 cm³/mol. The van der Waals surface area contributed by atoms with Gasteiger partial charge in [-0.1, -0.05) is 12.1 Å². The molecule has 0 saturated heterocycles. The van der Waals surface area contributed by atoms with Crippen LogP contribution < -0.4 is 0 Å². The fraction of sp³-hybridized carbons (Fsp3) is 0.115. The summed E-state index contributed by atoms with van der Waals surface area (Å²) in [6, 6.07) is 18.1. The number of thiazole rings is 1. The number of carbonyl (C=O) groups excluding carboxylic acids is 1. The van der Waals surface area contributed by atoms with Crippen molar-refractivity contribution in [3.63, 3.8) is 0 Å². The minimum absolute atomic E-state index is 0.328. The van der Waals surface area contributed by atoms with Crippen LogP contribution in [-0.4, -0.2) is 28.0 Å². The van der Waals surface area contributed by atoms with Gasteiger partial charge in [0.15, 0.2) is 0 Å². The van der Waals surface area contributed by atoms with E-state index in [0.29, 0.717) is 5.56 Å². The maximum atomic E-state index is 11.8. The second-order valence-electron chi connectivity index (χ2n) is 7.67. The van der Waals surface area contributed by atoms with E-state index in [4.69, 9.17) is 9.72 Å². The third-order valence-electron chi connectivity index (χ3n) is 5.54. The zero-order valence-corrected chi connectivity index (χ0v) is 18.8. The van der Waals surface area contributed by atoms with Crippen molar-refractivity contribution in [2.75, 3.05) is 7.11 Å². The zero-order valence-electron chi connectivity index (χ0n) is 18.0. The van der Waals surface area contributed by atoms with E-state index in [2.05, 4.69) is 41.2 Å². The number of hydrogen-bond donors (Lipinski definition) is 1. The maximum absolute atomic E-state index is 11.8. The topological polar surface area (TPSA) is 67.9 Å². The first-order chi connectivity index (χ1) is 15.5. The van der Waals surface area contributed by atoms with Crippen molar-refractivity contribution >= 4 is 28.2 Å². The molecule has 2 aromatic carbocycles. The zero-order chi connectivity index (χ0) is 22.2. The average Bonchev–Trinajstić information content (AvgIpc) is 3.41. The number of H-pyrrole nitrogens is 1. The molecule has 0 aliphatic heterocycles. The van der Waals surface area contributed by atoms with Crippen molar-refractivity contribution < 1.29 is 9.53 Å². The van der Waals surface area contributed by atoms with Gasteiger partial charge in [-0.3, -0.25) is 4.98 Å². The van der Waals surface area contributed by atoms with Crippen molar-refractivity contribution in [3.05, 3.63) is 83.0 Å². The van der Waals surface area contributed by atoms with Crippen LogP contribution in [0.1, 0.15) is 20.8 Å². The third kappa shape index (κ3) is 3.59. The van der Waals surface area contributed by atoms with Crippen molar-refractivity contribution in [1.82, 2.24) is 15.0 Å². The van der Waals surface area contributed by atoms with Crippen LogP contribution in [0.4, 0.5) is 0 Å². The van der Waals surface area contributed by atoms with E-state index in [1.54, 1.807) is 23.6 Å². The summed E-state index contributed by atoms with van der Waals surface area (Å²) in [5, 5.41) is 2.09. The fourth-order valence-corrected chi connectivity index (χ4v) is 4.84. The molecular weight excluding hydrogens is 418 g/mol. The lowest BCUT2D eigenvalue weighted by atomic mass is 10.0. The van der Waals surface area contributed by atoms with Crippen LogP contribution in [-0.2, 0) is 4.74 Å². The molecule has 0 amide bonds. The van der Waals surface area contributed by atoms with Crippen LogP contribution in [0.5, 0.6) is 0 Å². The van der Waals surface area contributed by atoms with Crippen molar-refractivity contribution in [2.24, 2.45) is 0 Å². The Labute approximate surface area is 189 Å².